The molecule has 9 aromatic rings. The Morgan fingerprint density at radius 2 is 1.03 bits per heavy atom. The normalized spacial score (nSPS) is 12.7. The number of fused-ring (bicyclic) bond motifs is 3. The zero-order chi connectivity index (χ0) is 52.4. The van der Waals surface area contributed by atoms with Crippen molar-refractivity contribution in [3.8, 4) is 39.6 Å². The van der Waals surface area contributed by atoms with Gasteiger partial charge in [-0.15, -0.1) is 0 Å². The number of hydrogen-bond donors (Lipinski definition) is 1. The van der Waals surface area contributed by atoms with Crippen LogP contribution in [0.15, 0.2) is 164 Å². The largest absolute Gasteiger partial charge is 0.457 e. The topological polar surface area (TPSA) is 42.3 Å². The van der Waals surface area contributed by atoms with Gasteiger partial charge in [-0.2, -0.15) is 0 Å². The number of ether oxygens (including phenoxy) is 1. The fraction of sp³-hybridized carbons (Fsp3) is 0.309. The molecule has 0 unspecified atom stereocenters. The third kappa shape index (κ3) is 10.8. The molecule has 0 atom stereocenters. The number of nitrogens with zero attached hydrogens (tertiary/aromatic N) is 3. The highest BCUT2D eigenvalue weighted by Crippen LogP contribution is 2.43. The van der Waals surface area contributed by atoms with Crippen LogP contribution in [0, 0.1) is 0 Å². The van der Waals surface area contributed by atoms with E-state index in [4.69, 9.17) is 9.72 Å². The molecule has 0 aliphatic heterocycles. The minimum absolute atomic E-state index is 0.00948. The summed E-state index contributed by atoms with van der Waals surface area (Å²) in [5, 5.41) is 6.20. The number of benzene rings is 7. The SMILES string of the molecule is CN(c1cccc(Oc2ccc3c4cc(-c5cc(C(C)(C)C)cc(C(C)(C)C)c5)ccc4n(-c4cc(C(C)(C)C)ccn4)c3c2)c1)c1cc(C(C)(C)C)ccc1Nc1cc(-c2ccccc2)cc(C(C)(C)C)c1. The van der Waals surface area contributed by atoms with E-state index in [9.17, 15) is 0 Å². The Balaban J connectivity index is 1.11. The summed E-state index contributed by atoms with van der Waals surface area (Å²) in [5.41, 5.74) is 17.4. The average molecular weight is 965 g/mol. The highest BCUT2D eigenvalue weighted by atomic mass is 16.5. The second-order valence-corrected chi connectivity index (χ2v) is 25.4. The molecule has 0 bridgehead atoms. The molecule has 5 heteroatoms. The smallest absolute Gasteiger partial charge is 0.137 e. The van der Waals surface area contributed by atoms with Gasteiger partial charge in [0.15, 0.2) is 0 Å². The van der Waals surface area contributed by atoms with Gasteiger partial charge in [0.25, 0.3) is 0 Å². The Labute approximate surface area is 436 Å². The van der Waals surface area contributed by atoms with Gasteiger partial charge in [0.05, 0.1) is 22.4 Å². The van der Waals surface area contributed by atoms with E-state index in [0.717, 1.165) is 56.5 Å². The van der Waals surface area contributed by atoms with Crippen molar-refractivity contribution < 1.29 is 4.74 Å². The Morgan fingerprint density at radius 3 is 1.67 bits per heavy atom. The van der Waals surface area contributed by atoms with Crippen LogP contribution in [0.3, 0.4) is 0 Å². The van der Waals surface area contributed by atoms with Crippen molar-refractivity contribution in [2.75, 3.05) is 17.3 Å². The first-order valence-electron chi connectivity index (χ1n) is 26.1. The van der Waals surface area contributed by atoms with Gasteiger partial charge in [-0.3, -0.25) is 4.57 Å². The summed E-state index contributed by atoms with van der Waals surface area (Å²) >= 11 is 0. The number of rotatable bonds is 9. The minimum atomic E-state index is -0.0505. The molecule has 2 heterocycles. The van der Waals surface area contributed by atoms with Crippen LogP contribution in [0.25, 0.3) is 49.9 Å². The maximum atomic E-state index is 6.89. The molecule has 0 aliphatic rings. The van der Waals surface area contributed by atoms with Gasteiger partial charge in [-0.1, -0.05) is 177 Å². The third-order valence-corrected chi connectivity index (χ3v) is 14.4. The van der Waals surface area contributed by atoms with Crippen LogP contribution >= 0.6 is 0 Å². The van der Waals surface area contributed by atoms with Gasteiger partial charge in [-0.25, -0.2) is 4.98 Å². The Hall–Kier alpha value is -7.11. The molecule has 0 radical (unpaired) electrons. The molecule has 0 fully saturated rings. The molecular weight excluding hydrogens is 889 g/mol. The fourth-order valence-electron chi connectivity index (χ4n) is 9.66. The van der Waals surface area contributed by atoms with Crippen molar-refractivity contribution in [1.29, 1.82) is 0 Å². The molecular formula is C68H76N4O. The number of nitrogens with one attached hydrogen (secondary N) is 1. The van der Waals surface area contributed by atoms with Crippen molar-refractivity contribution >= 4 is 44.6 Å². The molecule has 0 saturated heterocycles. The quantitative estimate of drug-likeness (QED) is 0.157. The van der Waals surface area contributed by atoms with E-state index in [1.165, 1.54) is 55.5 Å². The summed E-state index contributed by atoms with van der Waals surface area (Å²) in [5.74, 6) is 2.39. The second-order valence-electron chi connectivity index (χ2n) is 25.4. The third-order valence-electron chi connectivity index (χ3n) is 14.4. The van der Waals surface area contributed by atoms with Crippen molar-refractivity contribution in [3.63, 3.8) is 0 Å². The van der Waals surface area contributed by atoms with E-state index < -0.39 is 0 Å². The first kappa shape index (κ1) is 50.8. The lowest BCUT2D eigenvalue weighted by molar-refractivity contribution is 0.483. The Kier molecular flexibility index (Phi) is 13.0. The minimum Gasteiger partial charge on any atom is -0.457 e. The van der Waals surface area contributed by atoms with Gasteiger partial charge in [0.2, 0.25) is 0 Å². The molecule has 7 aromatic carbocycles. The molecule has 0 amide bonds. The Bertz CT molecular complexity index is 3450. The van der Waals surface area contributed by atoms with E-state index in [0.29, 0.717) is 0 Å². The first-order chi connectivity index (χ1) is 34.2. The molecule has 73 heavy (non-hydrogen) atoms. The number of pyridine rings is 1. The van der Waals surface area contributed by atoms with E-state index in [-0.39, 0.29) is 27.1 Å². The lowest BCUT2D eigenvalue weighted by atomic mass is 9.79. The number of hydrogen-bond acceptors (Lipinski definition) is 4. The maximum absolute atomic E-state index is 6.89. The van der Waals surface area contributed by atoms with Crippen LogP contribution in [0.5, 0.6) is 11.5 Å². The zero-order valence-corrected chi connectivity index (χ0v) is 46.3. The average Bonchev–Trinajstić information content (AvgIpc) is 3.65. The summed E-state index contributed by atoms with van der Waals surface area (Å²) in [6, 6.07) is 57.7. The molecule has 0 spiro atoms. The lowest BCUT2D eigenvalue weighted by Crippen LogP contribution is -2.16. The van der Waals surface area contributed by atoms with E-state index in [2.05, 4.69) is 277 Å². The van der Waals surface area contributed by atoms with Crippen LogP contribution < -0.4 is 15.0 Å². The van der Waals surface area contributed by atoms with Gasteiger partial charge in [0.1, 0.15) is 17.3 Å². The van der Waals surface area contributed by atoms with Crippen LogP contribution in [-0.2, 0) is 27.1 Å². The highest BCUT2D eigenvalue weighted by molar-refractivity contribution is 6.10. The molecule has 374 valence electrons. The van der Waals surface area contributed by atoms with Crippen LogP contribution in [0.1, 0.15) is 132 Å². The van der Waals surface area contributed by atoms with Crippen LogP contribution in [0.2, 0.25) is 0 Å². The number of anilines is 4. The number of aromatic nitrogens is 2. The predicted molar refractivity (Wildman–Crippen MR) is 314 cm³/mol. The summed E-state index contributed by atoms with van der Waals surface area (Å²) in [6.45, 7) is 34.2. The van der Waals surface area contributed by atoms with Crippen LogP contribution in [-0.4, -0.2) is 16.6 Å². The molecule has 1 N–H and O–H groups in total. The lowest BCUT2D eigenvalue weighted by Gasteiger charge is -2.28. The zero-order valence-electron chi connectivity index (χ0n) is 46.3. The second kappa shape index (κ2) is 18.7. The fourth-order valence-corrected chi connectivity index (χ4v) is 9.66. The van der Waals surface area contributed by atoms with Crippen molar-refractivity contribution in [2.45, 2.75) is 131 Å². The summed E-state index contributed by atoms with van der Waals surface area (Å²) in [6.07, 6.45) is 1.94. The van der Waals surface area contributed by atoms with E-state index in [1.807, 2.05) is 12.3 Å². The Morgan fingerprint density at radius 1 is 0.425 bits per heavy atom. The molecule has 0 saturated carbocycles. The van der Waals surface area contributed by atoms with Gasteiger partial charge < -0.3 is 15.0 Å². The van der Waals surface area contributed by atoms with Crippen LogP contribution in [0.4, 0.5) is 22.7 Å². The van der Waals surface area contributed by atoms with Crippen molar-refractivity contribution in [2.24, 2.45) is 0 Å². The summed E-state index contributed by atoms with van der Waals surface area (Å²) < 4.78 is 9.20. The molecule has 9 rings (SSSR count). The predicted octanol–water partition coefficient (Wildman–Crippen LogP) is 19.3. The maximum Gasteiger partial charge on any atom is 0.137 e. The van der Waals surface area contributed by atoms with Crippen molar-refractivity contribution in [1.82, 2.24) is 9.55 Å². The molecule has 5 nitrogen and oxygen atoms in total. The van der Waals surface area contributed by atoms with Gasteiger partial charge in [-0.05, 0) is 150 Å². The van der Waals surface area contributed by atoms with E-state index in [1.54, 1.807) is 0 Å². The van der Waals surface area contributed by atoms with Crippen molar-refractivity contribution in [3.05, 3.63) is 192 Å². The van der Waals surface area contributed by atoms with Gasteiger partial charge in [0, 0.05) is 47.5 Å². The highest BCUT2D eigenvalue weighted by Gasteiger charge is 2.25. The van der Waals surface area contributed by atoms with Gasteiger partial charge >= 0.3 is 0 Å². The molecule has 2 aromatic heterocycles. The summed E-state index contributed by atoms with van der Waals surface area (Å²) in [7, 11) is 2.15. The van der Waals surface area contributed by atoms with E-state index >= 15 is 0 Å². The molecule has 0 aliphatic carbocycles. The standard InChI is InChI=1S/C68H76N4O/c1-64(2,3)48-26-29-59(70-53-36-47(44-21-18-17-19-22-44)35-52(39-53)68(13,14)15)62(40-48)71(16)54-23-20-24-55(42-54)73-56-27-28-57-58-37-45(46-33-50(66(7,8)9)38-51(34-46)67(10,11)12)25-30-60(58)72(61(57)43-56)63-41-49(31-32-69-63)65(4,5)6/h17-43,70H,1-16H3. The summed E-state index contributed by atoms with van der Waals surface area (Å²) in [4.78, 5) is 7.29. The monoisotopic (exact) mass is 965 g/mol. The first-order valence-corrected chi connectivity index (χ1v) is 26.1.